The number of esters is 1. The summed E-state index contributed by atoms with van der Waals surface area (Å²) in [5.74, 6) is 0.298. The summed E-state index contributed by atoms with van der Waals surface area (Å²) in [4.78, 5) is 11.8. The van der Waals surface area contributed by atoms with Gasteiger partial charge in [0.25, 0.3) is 0 Å². The molecular formula is C19H17NO3. The summed E-state index contributed by atoms with van der Waals surface area (Å²) in [5, 5.41) is 8.73. The Morgan fingerprint density at radius 2 is 1.91 bits per heavy atom. The van der Waals surface area contributed by atoms with E-state index in [1.807, 2.05) is 37.3 Å². The highest BCUT2D eigenvalue weighted by atomic mass is 16.5. The van der Waals surface area contributed by atoms with Crippen molar-refractivity contribution in [3.05, 3.63) is 71.3 Å². The lowest BCUT2D eigenvalue weighted by Crippen LogP contribution is -2.01. The fraction of sp³-hybridized carbons (Fsp3) is 0.158. The van der Waals surface area contributed by atoms with Gasteiger partial charge in [0.05, 0.1) is 18.2 Å². The SMILES string of the molecule is CCOc1ccccc1/C=C/C(=O)OCc1ccc(C#N)cc1. The number of para-hydroxylation sites is 1. The first-order valence-electron chi connectivity index (χ1n) is 7.28. The van der Waals surface area contributed by atoms with Gasteiger partial charge >= 0.3 is 5.97 Å². The Bertz CT molecular complexity index is 727. The van der Waals surface area contributed by atoms with E-state index in [4.69, 9.17) is 14.7 Å². The van der Waals surface area contributed by atoms with Crippen LogP contribution in [-0.2, 0) is 16.1 Å². The summed E-state index contributed by atoms with van der Waals surface area (Å²) in [6.07, 6.45) is 3.05. The zero-order valence-corrected chi connectivity index (χ0v) is 12.9. The van der Waals surface area contributed by atoms with Crippen molar-refractivity contribution >= 4 is 12.0 Å². The topological polar surface area (TPSA) is 59.3 Å². The molecule has 0 aromatic heterocycles. The van der Waals surface area contributed by atoms with Crippen molar-refractivity contribution in [1.82, 2.24) is 0 Å². The number of carbonyl (C=O) groups excluding carboxylic acids is 1. The van der Waals surface area contributed by atoms with Crippen LogP contribution in [-0.4, -0.2) is 12.6 Å². The number of hydrogen-bond donors (Lipinski definition) is 0. The van der Waals surface area contributed by atoms with Crippen molar-refractivity contribution in [3.63, 3.8) is 0 Å². The Kier molecular flexibility index (Phi) is 5.96. The lowest BCUT2D eigenvalue weighted by molar-refractivity contribution is -0.138. The summed E-state index contributed by atoms with van der Waals surface area (Å²) in [6, 6.07) is 16.4. The first-order valence-corrected chi connectivity index (χ1v) is 7.28. The van der Waals surface area contributed by atoms with Gasteiger partial charge in [-0.2, -0.15) is 5.26 Å². The van der Waals surface area contributed by atoms with E-state index in [1.54, 1.807) is 30.3 Å². The molecule has 2 aromatic rings. The van der Waals surface area contributed by atoms with E-state index in [-0.39, 0.29) is 6.61 Å². The molecule has 0 aliphatic heterocycles. The Morgan fingerprint density at radius 3 is 2.61 bits per heavy atom. The number of hydrogen-bond acceptors (Lipinski definition) is 4. The van der Waals surface area contributed by atoms with Crippen LogP contribution in [0.15, 0.2) is 54.6 Å². The minimum absolute atomic E-state index is 0.169. The fourth-order valence-corrected chi connectivity index (χ4v) is 1.94. The molecule has 0 saturated carbocycles. The molecule has 0 bridgehead atoms. The standard InChI is InChI=1S/C19H17NO3/c1-2-22-18-6-4-3-5-17(18)11-12-19(21)23-14-16-9-7-15(13-20)8-10-16/h3-12H,2,14H2,1H3/b12-11+. The average Bonchev–Trinajstić information content (AvgIpc) is 2.60. The van der Waals surface area contributed by atoms with Crippen molar-refractivity contribution < 1.29 is 14.3 Å². The average molecular weight is 307 g/mol. The molecule has 4 heteroatoms. The Morgan fingerprint density at radius 1 is 1.17 bits per heavy atom. The summed E-state index contributed by atoms with van der Waals surface area (Å²) >= 11 is 0. The van der Waals surface area contributed by atoms with Gasteiger partial charge in [0.15, 0.2) is 0 Å². The maximum atomic E-state index is 11.8. The predicted octanol–water partition coefficient (Wildman–Crippen LogP) is 3.71. The third-order valence-corrected chi connectivity index (χ3v) is 3.08. The van der Waals surface area contributed by atoms with Gasteiger partial charge in [-0.05, 0) is 36.8 Å². The van der Waals surface area contributed by atoms with Crippen LogP contribution in [0.25, 0.3) is 6.08 Å². The van der Waals surface area contributed by atoms with E-state index < -0.39 is 5.97 Å². The van der Waals surface area contributed by atoms with E-state index in [1.165, 1.54) is 6.08 Å². The van der Waals surface area contributed by atoms with Crippen LogP contribution in [0, 0.1) is 11.3 Å². The number of benzene rings is 2. The second kappa shape index (κ2) is 8.40. The molecule has 0 heterocycles. The van der Waals surface area contributed by atoms with E-state index in [0.29, 0.717) is 12.2 Å². The van der Waals surface area contributed by atoms with Crippen LogP contribution in [0.3, 0.4) is 0 Å². The van der Waals surface area contributed by atoms with Gasteiger partial charge in [-0.3, -0.25) is 0 Å². The maximum Gasteiger partial charge on any atom is 0.331 e. The lowest BCUT2D eigenvalue weighted by Gasteiger charge is -2.06. The molecule has 0 aliphatic rings. The second-order valence-electron chi connectivity index (χ2n) is 4.72. The highest BCUT2D eigenvalue weighted by molar-refractivity contribution is 5.87. The molecule has 23 heavy (non-hydrogen) atoms. The molecule has 0 atom stereocenters. The van der Waals surface area contributed by atoms with Crippen molar-refractivity contribution in [2.45, 2.75) is 13.5 Å². The molecule has 0 saturated heterocycles. The van der Waals surface area contributed by atoms with Crippen molar-refractivity contribution in [2.24, 2.45) is 0 Å². The quantitative estimate of drug-likeness (QED) is 0.603. The van der Waals surface area contributed by atoms with Crippen molar-refractivity contribution in [3.8, 4) is 11.8 Å². The second-order valence-corrected chi connectivity index (χ2v) is 4.72. The molecule has 0 aliphatic carbocycles. The molecule has 0 unspecified atom stereocenters. The van der Waals surface area contributed by atoms with E-state index in [9.17, 15) is 4.79 Å². The van der Waals surface area contributed by atoms with Crippen LogP contribution in [0.1, 0.15) is 23.6 Å². The van der Waals surface area contributed by atoms with Crippen LogP contribution in [0.5, 0.6) is 5.75 Å². The van der Waals surface area contributed by atoms with E-state index in [2.05, 4.69) is 0 Å². The summed E-state index contributed by atoms with van der Waals surface area (Å²) in [6.45, 7) is 2.64. The maximum absolute atomic E-state index is 11.8. The largest absolute Gasteiger partial charge is 0.493 e. The molecular weight excluding hydrogens is 290 g/mol. The van der Waals surface area contributed by atoms with Gasteiger partial charge in [-0.1, -0.05) is 30.3 Å². The number of carbonyl (C=O) groups is 1. The van der Waals surface area contributed by atoms with Gasteiger partial charge in [0.1, 0.15) is 12.4 Å². The highest BCUT2D eigenvalue weighted by Crippen LogP contribution is 2.19. The van der Waals surface area contributed by atoms with E-state index >= 15 is 0 Å². The van der Waals surface area contributed by atoms with Gasteiger partial charge in [-0.25, -0.2) is 4.79 Å². The normalized spacial score (nSPS) is 10.3. The van der Waals surface area contributed by atoms with Gasteiger partial charge in [0.2, 0.25) is 0 Å². The molecule has 0 spiro atoms. The van der Waals surface area contributed by atoms with Crippen LogP contribution in [0.4, 0.5) is 0 Å². The third-order valence-electron chi connectivity index (χ3n) is 3.08. The predicted molar refractivity (Wildman–Crippen MR) is 87.6 cm³/mol. The van der Waals surface area contributed by atoms with E-state index in [0.717, 1.165) is 16.9 Å². The van der Waals surface area contributed by atoms with Crippen LogP contribution >= 0.6 is 0 Å². The zero-order valence-electron chi connectivity index (χ0n) is 12.9. The molecule has 2 aromatic carbocycles. The minimum Gasteiger partial charge on any atom is -0.493 e. The van der Waals surface area contributed by atoms with Gasteiger partial charge in [0, 0.05) is 11.6 Å². The van der Waals surface area contributed by atoms with Gasteiger partial charge < -0.3 is 9.47 Å². The molecule has 0 amide bonds. The van der Waals surface area contributed by atoms with Crippen LogP contribution < -0.4 is 4.74 Å². The number of ether oxygens (including phenoxy) is 2. The third kappa shape index (κ3) is 5.01. The molecule has 116 valence electrons. The summed E-state index contributed by atoms with van der Waals surface area (Å²) in [5.41, 5.74) is 2.23. The molecule has 4 nitrogen and oxygen atoms in total. The van der Waals surface area contributed by atoms with Crippen LogP contribution in [0.2, 0.25) is 0 Å². The fourth-order valence-electron chi connectivity index (χ4n) is 1.94. The first kappa shape index (κ1) is 16.3. The van der Waals surface area contributed by atoms with Crippen molar-refractivity contribution in [1.29, 1.82) is 5.26 Å². The van der Waals surface area contributed by atoms with Crippen molar-refractivity contribution in [2.75, 3.05) is 6.61 Å². The Hall–Kier alpha value is -3.06. The lowest BCUT2D eigenvalue weighted by atomic mass is 10.1. The molecule has 0 N–H and O–H groups in total. The Balaban J connectivity index is 1.92. The zero-order chi connectivity index (χ0) is 16.5. The smallest absolute Gasteiger partial charge is 0.331 e. The number of nitrogens with zero attached hydrogens (tertiary/aromatic N) is 1. The number of rotatable bonds is 6. The van der Waals surface area contributed by atoms with Gasteiger partial charge in [-0.15, -0.1) is 0 Å². The molecule has 0 radical (unpaired) electrons. The Labute approximate surface area is 135 Å². The molecule has 2 rings (SSSR count). The highest BCUT2D eigenvalue weighted by Gasteiger charge is 2.02. The minimum atomic E-state index is -0.430. The summed E-state index contributed by atoms with van der Waals surface area (Å²) < 4.78 is 10.7. The first-order chi connectivity index (χ1) is 11.2. The molecule has 0 fully saturated rings. The number of nitriles is 1. The monoisotopic (exact) mass is 307 g/mol. The summed E-state index contributed by atoms with van der Waals surface area (Å²) in [7, 11) is 0.